The van der Waals surface area contributed by atoms with Crippen LogP contribution in [0.2, 0.25) is 0 Å². The number of likely N-dealkylation sites (N-methyl/N-ethyl adjacent to an activating group) is 1. The molecule has 2 bridgehead atoms. The maximum Gasteiger partial charge on any atom is 0.293 e. The minimum atomic E-state index is -4.56. The molecule has 336 valence electrons. The van der Waals surface area contributed by atoms with Gasteiger partial charge in [0.05, 0.1) is 34.3 Å². The number of piperazine rings is 1. The van der Waals surface area contributed by atoms with Crippen LogP contribution < -0.4 is 19.7 Å². The first-order chi connectivity index (χ1) is 30.2. The number of nitro groups is 1. The van der Waals surface area contributed by atoms with E-state index in [-0.39, 0.29) is 23.1 Å². The second kappa shape index (κ2) is 17.5. The first-order valence-corrected chi connectivity index (χ1v) is 24.0. The molecule has 15 nitrogen and oxygen atoms in total. The van der Waals surface area contributed by atoms with Crippen LogP contribution in [-0.4, -0.2) is 111 Å². The zero-order chi connectivity index (χ0) is 44.0. The third-order valence-corrected chi connectivity index (χ3v) is 15.7. The van der Waals surface area contributed by atoms with Gasteiger partial charge in [0, 0.05) is 81.8 Å². The zero-order valence-corrected chi connectivity index (χ0v) is 37.6. The number of ether oxygens (including phenoxy) is 2. The van der Waals surface area contributed by atoms with Crippen LogP contribution >= 0.6 is 0 Å². The van der Waals surface area contributed by atoms with E-state index in [0.717, 1.165) is 80.1 Å². The maximum absolute atomic E-state index is 14.0. The van der Waals surface area contributed by atoms with Crippen LogP contribution in [0, 0.1) is 39.2 Å². The molecule has 63 heavy (non-hydrogen) atoms. The van der Waals surface area contributed by atoms with E-state index in [4.69, 9.17) is 9.47 Å². The third-order valence-electron chi connectivity index (χ3n) is 14.4. The summed E-state index contributed by atoms with van der Waals surface area (Å²) in [5, 5.41) is 16.0. The number of pyridine rings is 1. The number of morpholine rings is 1. The maximum atomic E-state index is 14.0. The molecule has 3 saturated carbocycles. The Morgan fingerprint density at radius 2 is 1.86 bits per heavy atom. The number of nitro benzene ring substituents is 1. The van der Waals surface area contributed by atoms with Crippen molar-refractivity contribution >= 4 is 44.0 Å². The van der Waals surface area contributed by atoms with Gasteiger partial charge in [0.15, 0.2) is 0 Å². The lowest BCUT2D eigenvalue weighted by Gasteiger charge is -2.53. The van der Waals surface area contributed by atoms with Crippen LogP contribution in [0.5, 0.6) is 11.5 Å². The Morgan fingerprint density at radius 1 is 1.05 bits per heavy atom. The van der Waals surface area contributed by atoms with Gasteiger partial charge in [-0.3, -0.25) is 19.8 Å². The highest BCUT2D eigenvalue weighted by molar-refractivity contribution is 7.90. The Morgan fingerprint density at radius 3 is 2.62 bits per heavy atom. The summed E-state index contributed by atoms with van der Waals surface area (Å²) in [6.45, 7) is 14.0. The van der Waals surface area contributed by atoms with E-state index in [0.29, 0.717) is 36.5 Å². The molecule has 4 aliphatic carbocycles. The molecule has 4 aromatic rings. The van der Waals surface area contributed by atoms with Crippen LogP contribution in [0.1, 0.15) is 69.7 Å². The Balaban J connectivity index is 0.918. The molecule has 2 saturated heterocycles. The van der Waals surface area contributed by atoms with E-state index in [1.807, 2.05) is 19.2 Å². The van der Waals surface area contributed by atoms with Crippen molar-refractivity contribution in [3.05, 3.63) is 87.7 Å². The molecule has 2 aromatic heterocycles. The fraction of sp³-hybridized carbons (Fsp3) is 0.532. The summed E-state index contributed by atoms with van der Waals surface area (Å²) in [6, 6.07) is 12.3. The summed E-state index contributed by atoms with van der Waals surface area (Å²) in [5.41, 5.74) is 5.01. The number of nitrogens with one attached hydrogen (secondary N) is 3. The van der Waals surface area contributed by atoms with Gasteiger partial charge in [-0.25, -0.2) is 18.1 Å². The molecule has 1 amide bonds. The van der Waals surface area contributed by atoms with Crippen LogP contribution in [0.3, 0.4) is 0 Å². The van der Waals surface area contributed by atoms with Crippen molar-refractivity contribution in [1.29, 1.82) is 0 Å². The van der Waals surface area contributed by atoms with Crippen molar-refractivity contribution in [1.82, 2.24) is 24.5 Å². The highest BCUT2D eigenvalue weighted by Crippen LogP contribution is 2.57. The quantitative estimate of drug-likeness (QED) is 0.0689. The van der Waals surface area contributed by atoms with Gasteiger partial charge >= 0.3 is 0 Å². The highest BCUT2D eigenvalue weighted by atomic mass is 32.2. The van der Waals surface area contributed by atoms with Gasteiger partial charge in [-0.2, -0.15) is 0 Å². The molecule has 4 heterocycles. The van der Waals surface area contributed by atoms with E-state index < -0.39 is 31.4 Å². The molecule has 0 spiro atoms. The molecular formula is C47H60N8O7S. The lowest BCUT2D eigenvalue weighted by atomic mass is 9.52. The molecule has 5 fully saturated rings. The normalized spacial score (nSPS) is 25.4. The highest BCUT2D eigenvalue weighted by Gasteiger charge is 2.47. The molecule has 3 N–H and O–H groups in total. The summed E-state index contributed by atoms with van der Waals surface area (Å²) in [7, 11) is -2.59. The number of H-pyrrole nitrogens is 1. The fourth-order valence-electron chi connectivity index (χ4n) is 10.6. The number of rotatable bonds is 13. The number of nitrogens with zero attached hydrogens (tertiary/aromatic N) is 5. The molecule has 3 atom stereocenters. The number of sulfonamides is 1. The molecular weight excluding hydrogens is 821 g/mol. The van der Waals surface area contributed by atoms with Crippen molar-refractivity contribution < 1.29 is 27.6 Å². The monoisotopic (exact) mass is 880 g/mol. The molecule has 10 rings (SSSR count). The minimum absolute atomic E-state index is 0.0186. The Bertz CT molecular complexity index is 2510. The lowest BCUT2D eigenvalue weighted by molar-refractivity contribution is -0.384. The first kappa shape index (κ1) is 43.2. The first-order valence-electron chi connectivity index (χ1n) is 22.5. The average Bonchev–Trinajstić information content (AvgIpc) is 3.71. The number of allylic oxidation sites excluding steroid dienone is 1. The Hall–Kier alpha value is -5.03. The minimum Gasteiger partial charge on any atom is -0.455 e. The summed E-state index contributed by atoms with van der Waals surface area (Å²) in [5.74, 6) is 2.96. The Labute approximate surface area is 369 Å². The van der Waals surface area contributed by atoms with E-state index >= 15 is 0 Å². The standard InChI is InChI=1S/C47H60N8O7S/c1-30-19-40(34-20-33(30)21-34)41-25-47(2,3)11-9-32(41)28-53-13-15-54(16-14-53)35-5-7-39(44(23-35)62-36-22-31-10-12-48-45(31)50-26-36)46(56)51-63(59,60)38-6-8-42(43(24-38)55(57)58)49-27-37-29-52(4)17-18-61-37/h5-8,10,12,22-24,26,30,33-34,37,40,49H,9,11,13-21,25,27-29H2,1-4H3,(H,48,50)(H,51,56)/t30-,33?,34?,37?,40+/m0/s1. The second-order valence-corrected chi connectivity index (χ2v) is 21.1. The van der Waals surface area contributed by atoms with Crippen molar-refractivity contribution in [3.8, 4) is 11.5 Å². The summed E-state index contributed by atoms with van der Waals surface area (Å²) in [4.78, 5) is 39.5. The van der Waals surface area contributed by atoms with Crippen LogP contribution in [-0.2, 0) is 14.8 Å². The average molecular weight is 881 g/mol. The molecule has 0 radical (unpaired) electrons. The summed E-state index contributed by atoms with van der Waals surface area (Å²) < 4.78 is 41.7. The number of benzene rings is 2. The van der Waals surface area contributed by atoms with Gasteiger partial charge in [0.2, 0.25) is 0 Å². The number of carbonyl (C=O) groups is 1. The van der Waals surface area contributed by atoms with E-state index in [2.05, 4.69) is 55.5 Å². The molecule has 2 aliphatic heterocycles. The second-order valence-electron chi connectivity index (χ2n) is 19.4. The number of hydrogen-bond acceptors (Lipinski definition) is 12. The Kier molecular flexibility index (Phi) is 12.0. The van der Waals surface area contributed by atoms with Gasteiger partial charge in [-0.15, -0.1) is 0 Å². The third kappa shape index (κ3) is 9.45. The van der Waals surface area contributed by atoms with E-state index in [9.17, 15) is 23.3 Å². The van der Waals surface area contributed by atoms with Crippen molar-refractivity contribution in [2.45, 2.75) is 70.3 Å². The number of amides is 1. The topological polar surface area (TPSA) is 175 Å². The van der Waals surface area contributed by atoms with Crippen molar-refractivity contribution in [2.75, 3.05) is 76.2 Å². The van der Waals surface area contributed by atoms with E-state index in [1.54, 1.807) is 41.7 Å². The van der Waals surface area contributed by atoms with Crippen LogP contribution in [0.25, 0.3) is 11.0 Å². The number of fused-ring (bicyclic) bond motifs is 3. The van der Waals surface area contributed by atoms with Crippen molar-refractivity contribution in [3.63, 3.8) is 0 Å². The smallest absolute Gasteiger partial charge is 0.293 e. The zero-order valence-electron chi connectivity index (χ0n) is 36.8. The van der Waals surface area contributed by atoms with Crippen molar-refractivity contribution in [2.24, 2.45) is 29.1 Å². The molecule has 6 aliphatic rings. The number of anilines is 2. The molecule has 2 aromatic carbocycles. The number of aromatic amines is 1. The lowest BCUT2D eigenvalue weighted by Crippen LogP contribution is -2.48. The van der Waals surface area contributed by atoms with Crippen LogP contribution in [0.15, 0.2) is 77.0 Å². The van der Waals surface area contributed by atoms with E-state index in [1.165, 1.54) is 50.7 Å². The number of hydrogen-bond donors (Lipinski definition) is 3. The molecule has 1 unspecified atom stereocenters. The number of aromatic nitrogens is 2. The largest absolute Gasteiger partial charge is 0.455 e. The van der Waals surface area contributed by atoms with Gasteiger partial charge in [-0.05, 0) is 111 Å². The number of carbonyl (C=O) groups excluding carboxylic acids is 1. The summed E-state index contributed by atoms with van der Waals surface area (Å²) in [6.07, 6.45) is 10.9. The van der Waals surface area contributed by atoms with Gasteiger partial charge in [-0.1, -0.05) is 31.9 Å². The SMILES string of the molecule is C[C@H]1C[C@@H](C2=C(CN3CCN(c4ccc(C(=O)NS(=O)(=O)c5ccc(NCC6CN(C)CCO6)c([N+](=O)[O-])c5)c(Oc5cnc6[nH]ccc6c5)c4)CC3)CCC(C)(C)C2)C2CC1C2. The predicted octanol–water partition coefficient (Wildman–Crippen LogP) is 7.44. The molecule has 16 heteroatoms. The van der Waals surface area contributed by atoms with Crippen LogP contribution in [0.4, 0.5) is 17.1 Å². The fourth-order valence-corrected chi connectivity index (χ4v) is 11.6. The predicted molar refractivity (Wildman–Crippen MR) is 243 cm³/mol. The van der Waals surface area contributed by atoms with Gasteiger partial charge < -0.3 is 29.6 Å². The van der Waals surface area contributed by atoms with Gasteiger partial charge in [0.1, 0.15) is 22.8 Å². The summed E-state index contributed by atoms with van der Waals surface area (Å²) >= 11 is 0. The van der Waals surface area contributed by atoms with Gasteiger partial charge in [0.25, 0.3) is 21.6 Å².